The predicted octanol–water partition coefficient (Wildman–Crippen LogP) is 1.09. The average Bonchev–Trinajstić information content (AvgIpc) is 2.43. The van der Waals surface area contributed by atoms with Crippen LogP contribution in [0.15, 0.2) is 23.6 Å². The second-order valence-electron chi connectivity index (χ2n) is 2.03. The number of aromatic amines is 1. The van der Waals surface area contributed by atoms with Gasteiger partial charge in [-0.05, 0) is 12.5 Å². The number of rotatable bonds is 2. The summed E-state index contributed by atoms with van der Waals surface area (Å²) in [5, 5.41) is 3.65. The molecule has 0 radical (unpaired) electrons. The van der Waals surface area contributed by atoms with E-state index in [4.69, 9.17) is 5.84 Å². The van der Waals surface area contributed by atoms with Crippen LogP contribution in [-0.2, 0) is 0 Å². The van der Waals surface area contributed by atoms with Crippen LogP contribution in [0.2, 0.25) is 0 Å². The Balaban J connectivity index is 2.85. The number of hydrogen-bond donors (Lipinski definition) is 2. The smallest absolute Gasteiger partial charge is 0.0685 e. The third kappa shape index (κ3) is 1.18. The number of nitrogens with two attached hydrogens (primary N) is 1. The van der Waals surface area contributed by atoms with Crippen LogP contribution >= 0.6 is 0 Å². The van der Waals surface area contributed by atoms with Crippen LogP contribution in [0.25, 0.3) is 0 Å². The molecular weight excluding hydrogens is 126 g/mol. The highest BCUT2D eigenvalue weighted by atomic mass is 15.1. The summed E-state index contributed by atoms with van der Waals surface area (Å²) in [4.78, 5) is 2.94. The molecule has 0 saturated heterocycles. The van der Waals surface area contributed by atoms with E-state index < -0.39 is 0 Å². The van der Waals surface area contributed by atoms with Crippen molar-refractivity contribution in [1.29, 1.82) is 0 Å². The zero-order valence-corrected chi connectivity index (χ0v) is 5.96. The van der Waals surface area contributed by atoms with E-state index >= 15 is 0 Å². The van der Waals surface area contributed by atoms with Crippen LogP contribution in [0.3, 0.4) is 0 Å². The van der Waals surface area contributed by atoms with Gasteiger partial charge in [0.25, 0.3) is 0 Å². The minimum Gasteiger partial charge on any atom is -0.367 e. The van der Waals surface area contributed by atoms with E-state index in [9.17, 15) is 0 Å². The summed E-state index contributed by atoms with van der Waals surface area (Å²) in [5.74, 6) is 5.15. The van der Waals surface area contributed by atoms with Gasteiger partial charge in [0.1, 0.15) is 0 Å². The Morgan fingerprint density at radius 3 is 3.00 bits per heavy atom. The molecule has 0 aliphatic heterocycles. The van der Waals surface area contributed by atoms with Crippen LogP contribution in [0.1, 0.15) is 18.9 Å². The third-order valence-corrected chi connectivity index (χ3v) is 1.42. The summed E-state index contributed by atoms with van der Waals surface area (Å²) in [7, 11) is 0. The number of nitrogens with zero attached hydrogens (tertiary/aromatic N) is 1. The molecule has 0 spiro atoms. The van der Waals surface area contributed by atoms with Gasteiger partial charge in [0.15, 0.2) is 0 Å². The largest absolute Gasteiger partial charge is 0.367 e. The SMILES string of the molecule is CCC(=NN)c1cc[nH]c1. The van der Waals surface area contributed by atoms with Crippen molar-refractivity contribution < 1.29 is 0 Å². The van der Waals surface area contributed by atoms with Crippen molar-refractivity contribution in [3.05, 3.63) is 24.0 Å². The van der Waals surface area contributed by atoms with E-state index in [1.807, 2.05) is 25.4 Å². The van der Waals surface area contributed by atoms with E-state index in [-0.39, 0.29) is 0 Å². The summed E-state index contributed by atoms with van der Waals surface area (Å²) in [6.07, 6.45) is 4.61. The van der Waals surface area contributed by atoms with Gasteiger partial charge in [0.2, 0.25) is 0 Å². The standard InChI is InChI=1S/C7H11N3/c1-2-7(10-8)6-3-4-9-5-6/h3-5,9H,2,8H2,1H3. The fourth-order valence-corrected chi connectivity index (χ4v) is 0.873. The van der Waals surface area contributed by atoms with Gasteiger partial charge in [-0.15, -0.1) is 0 Å². The zero-order chi connectivity index (χ0) is 7.40. The summed E-state index contributed by atoms with van der Waals surface area (Å²) in [6, 6.07) is 1.95. The Hall–Kier alpha value is -1.25. The highest BCUT2D eigenvalue weighted by Crippen LogP contribution is 2.01. The van der Waals surface area contributed by atoms with Crippen LogP contribution in [0.4, 0.5) is 0 Å². The summed E-state index contributed by atoms with van der Waals surface area (Å²) < 4.78 is 0. The summed E-state index contributed by atoms with van der Waals surface area (Å²) in [6.45, 7) is 2.03. The van der Waals surface area contributed by atoms with Crippen molar-refractivity contribution in [2.75, 3.05) is 0 Å². The molecule has 0 bridgehead atoms. The lowest BCUT2D eigenvalue weighted by atomic mass is 10.2. The molecule has 1 aromatic rings. The number of nitrogens with one attached hydrogen (secondary N) is 1. The van der Waals surface area contributed by atoms with E-state index in [1.165, 1.54) is 0 Å². The lowest BCUT2D eigenvalue weighted by molar-refractivity contribution is 1.17. The van der Waals surface area contributed by atoms with Crippen LogP contribution in [0.5, 0.6) is 0 Å². The first-order chi connectivity index (χ1) is 4.88. The number of H-pyrrole nitrogens is 1. The molecule has 0 fully saturated rings. The second kappa shape index (κ2) is 3.06. The molecular formula is C7H11N3. The average molecular weight is 137 g/mol. The van der Waals surface area contributed by atoms with Crippen LogP contribution < -0.4 is 5.84 Å². The van der Waals surface area contributed by atoms with Crippen molar-refractivity contribution in [3.8, 4) is 0 Å². The Morgan fingerprint density at radius 1 is 1.80 bits per heavy atom. The normalized spacial score (nSPS) is 11.9. The van der Waals surface area contributed by atoms with Gasteiger partial charge in [-0.1, -0.05) is 6.92 Å². The van der Waals surface area contributed by atoms with Gasteiger partial charge < -0.3 is 10.8 Å². The second-order valence-corrected chi connectivity index (χ2v) is 2.03. The Kier molecular flexibility index (Phi) is 2.10. The molecule has 0 amide bonds. The van der Waals surface area contributed by atoms with Crippen LogP contribution in [0, 0.1) is 0 Å². The molecule has 10 heavy (non-hydrogen) atoms. The van der Waals surface area contributed by atoms with Gasteiger partial charge in [-0.3, -0.25) is 0 Å². The fourth-order valence-electron chi connectivity index (χ4n) is 0.873. The van der Waals surface area contributed by atoms with Crippen molar-refractivity contribution in [2.45, 2.75) is 13.3 Å². The first-order valence-electron chi connectivity index (χ1n) is 3.28. The lowest BCUT2D eigenvalue weighted by Crippen LogP contribution is -2.00. The van der Waals surface area contributed by atoms with Gasteiger partial charge in [-0.25, -0.2) is 0 Å². The highest BCUT2D eigenvalue weighted by Gasteiger charge is 1.98. The summed E-state index contributed by atoms with van der Waals surface area (Å²) >= 11 is 0. The number of aromatic nitrogens is 1. The highest BCUT2D eigenvalue weighted by molar-refractivity contribution is 5.99. The van der Waals surface area contributed by atoms with Gasteiger partial charge >= 0.3 is 0 Å². The molecule has 0 aliphatic rings. The van der Waals surface area contributed by atoms with Crippen molar-refractivity contribution >= 4 is 5.71 Å². The molecule has 0 aromatic carbocycles. The van der Waals surface area contributed by atoms with E-state index in [1.54, 1.807) is 0 Å². The lowest BCUT2D eigenvalue weighted by Gasteiger charge is -1.94. The van der Waals surface area contributed by atoms with Crippen LogP contribution in [-0.4, -0.2) is 10.7 Å². The minimum absolute atomic E-state index is 0.869. The Morgan fingerprint density at radius 2 is 2.60 bits per heavy atom. The van der Waals surface area contributed by atoms with Gasteiger partial charge in [-0.2, -0.15) is 5.10 Å². The fraction of sp³-hybridized carbons (Fsp3) is 0.286. The molecule has 3 heteroatoms. The monoisotopic (exact) mass is 137 g/mol. The molecule has 1 heterocycles. The first kappa shape index (κ1) is 6.86. The minimum atomic E-state index is 0.869. The quantitative estimate of drug-likeness (QED) is 0.358. The van der Waals surface area contributed by atoms with Crippen molar-refractivity contribution in [2.24, 2.45) is 10.9 Å². The summed E-state index contributed by atoms with van der Waals surface area (Å²) in [5.41, 5.74) is 2.01. The molecule has 0 unspecified atom stereocenters. The molecule has 54 valence electrons. The van der Waals surface area contributed by atoms with Gasteiger partial charge in [0, 0.05) is 18.0 Å². The topological polar surface area (TPSA) is 54.2 Å². The van der Waals surface area contributed by atoms with E-state index in [2.05, 4.69) is 10.1 Å². The third-order valence-electron chi connectivity index (χ3n) is 1.42. The molecule has 0 aliphatic carbocycles. The maximum Gasteiger partial charge on any atom is 0.0685 e. The molecule has 3 N–H and O–H groups in total. The molecule has 3 nitrogen and oxygen atoms in total. The van der Waals surface area contributed by atoms with Crippen molar-refractivity contribution in [3.63, 3.8) is 0 Å². The molecule has 1 rings (SSSR count). The van der Waals surface area contributed by atoms with Gasteiger partial charge in [0.05, 0.1) is 5.71 Å². The predicted molar refractivity (Wildman–Crippen MR) is 41.8 cm³/mol. The molecule has 0 atom stereocenters. The number of hydrogen-bond acceptors (Lipinski definition) is 2. The zero-order valence-electron chi connectivity index (χ0n) is 5.96. The van der Waals surface area contributed by atoms with Crippen molar-refractivity contribution in [1.82, 2.24) is 4.98 Å². The first-order valence-corrected chi connectivity index (χ1v) is 3.28. The molecule has 1 aromatic heterocycles. The Labute approximate surface area is 59.9 Å². The van der Waals surface area contributed by atoms with E-state index in [0.29, 0.717) is 0 Å². The Bertz CT molecular complexity index is 211. The molecule has 0 saturated carbocycles. The number of hydrazone groups is 1. The maximum absolute atomic E-state index is 5.15. The maximum atomic E-state index is 5.15. The van der Waals surface area contributed by atoms with E-state index in [0.717, 1.165) is 17.7 Å².